The van der Waals surface area contributed by atoms with Gasteiger partial charge in [0.25, 0.3) is 5.91 Å². The quantitative estimate of drug-likeness (QED) is 0.659. The fourth-order valence-corrected chi connectivity index (χ4v) is 3.24. The lowest BCUT2D eigenvalue weighted by atomic mass is 10.00. The van der Waals surface area contributed by atoms with E-state index in [0.29, 0.717) is 24.6 Å². The van der Waals surface area contributed by atoms with Gasteiger partial charge in [0.05, 0.1) is 6.10 Å². The van der Waals surface area contributed by atoms with Crippen LogP contribution in [0.1, 0.15) is 23.2 Å². The van der Waals surface area contributed by atoms with Crippen molar-refractivity contribution in [3.8, 4) is 11.5 Å². The van der Waals surface area contributed by atoms with Gasteiger partial charge >= 0.3 is 0 Å². The van der Waals surface area contributed by atoms with Crippen LogP contribution in [-0.4, -0.2) is 45.3 Å². The van der Waals surface area contributed by atoms with Crippen molar-refractivity contribution in [2.45, 2.75) is 18.9 Å². The van der Waals surface area contributed by atoms with Gasteiger partial charge in [-0.1, -0.05) is 0 Å². The van der Waals surface area contributed by atoms with Crippen molar-refractivity contribution in [3.05, 3.63) is 23.8 Å². The first-order chi connectivity index (χ1) is 9.06. The van der Waals surface area contributed by atoms with E-state index in [1.807, 2.05) is 0 Å². The molecule has 3 atom stereocenters. The number of hydrogen-bond donors (Lipinski definition) is 3. The van der Waals surface area contributed by atoms with Gasteiger partial charge < -0.3 is 20.2 Å². The van der Waals surface area contributed by atoms with Crippen LogP contribution >= 0.6 is 0 Å². The van der Waals surface area contributed by atoms with E-state index in [2.05, 4.69) is 0 Å². The average molecular weight is 263 g/mol. The molecule has 3 N–H and O–H groups in total. The topological polar surface area (TPSA) is 81.0 Å². The second-order valence-corrected chi connectivity index (χ2v) is 5.48. The lowest BCUT2D eigenvalue weighted by molar-refractivity contribution is 0.0752. The number of hydrogen-bond acceptors (Lipinski definition) is 4. The fraction of sp³-hybridized carbons (Fsp3) is 0.500. The molecule has 1 aliphatic heterocycles. The second-order valence-electron chi connectivity index (χ2n) is 5.48. The Morgan fingerprint density at radius 1 is 1.16 bits per heavy atom. The molecule has 1 heterocycles. The minimum absolute atomic E-state index is 0.156. The number of carbonyl (C=O) groups is 1. The lowest BCUT2D eigenvalue weighted by Gasteiger charge is -2.18. The Balaban J connectivity index is 1.76. The van der Waals surface area contributed by atoms with Crippen molar-refractivity contribution in [2.24, 2.45) is 11.8 Å². The molecular weight excluding hydrogens is 246 g/mol. The maximum absolute atomic E-state index is 12.3. The van der Waals surface area contributed by atoms with E-state index in [1.54, 1.807) is 4.90 Å². The molecule has 1 saturated heterocycles. The largest absolute Gasteiger partial charge is 0.504 e. The van der Waals surface area contributed by atoms with Crippen LogP contribution in [0.25, 0.3) is 0 Å². The molecule has 0 aromatic heterocycles. The predicted molar refractivity (Wildman–Crippen MR) is 67.9 cm³/mol. The fourth-order valence-electron chi connectivity index (χ4n) is 3.24. The summed E-state index contributed by atoms with van der Waals surface area (Å²) in [7, 11) is 0. The first-order valence-corrected chi connectivity index (χ1v) is 6.55. The van der Waals surface area contributed by atoms with Gasteiger partial charge in [-0.2, -0.15) is 0 Å². The Bertz CT molecular complexity index is 516. The number of nitrogens with zero attached hydrogens (tertiary/aromatic N) is 1. The standard InChI is InChI=1S/C14H17NO4/c16-11-3-2-9-6-15(7-10(9)11)14(19)8-1-4-12(17)13(18)5-8/h1,4-5,9-11,16-18H,2-3,6-7H2. The summed E-state index contributed by atoms with van der Waals surface area (Å²) in [5.41, 5.74) is 0.366. The summed E-state index contributed by atoms with van der Waals surface area (Å²) in [5.74, 6) is -0.0910. The van der Waals surface area contributed by atoms with Crippen molar-refractivity contribution in [1.82, 2.24) is 4.90 Å². The van der Waals surface area contributed by atoms with Crippen molar-refractivity contribution in [1.29, 1.82) is 0 Å². The predicted octanol–water partition coefficient (Wildman–Crippen LogP) is 0.941. The molecule has 1 aliphatic carbocycles. The summed E-state index contributed by atoms with van der Waals surface area (Å²) in [6.45, 7) is 1.24. The van der Waals surface area contributed by atoms with Gasteiger partial charge in [0.1, 0.15) is 0 Å². The maximum atomic E-state index is 12.3. The monoisotopic (exact) mass is 263 g/mol. The molecule has 3 rings (SSSR count). The molecule has 0 spiro atoms. The van der Waals surface area contributed by atoms with E-state index in [4.69, 9.17) is 0 Å². The molecule has 3 unspecified atom stereocenters. The summed E-state index contributed by atoms with van der Waals surface area (Å²) in [6, 6.07) is 4.10. The number of fused-ring (bicyclic) bond motifs is 1. The highest BCUT2D eigenvalue weighted by Gasteiger charge is 2.43. The third-order valence-electron chi connectivity index (χ3n) is 4.33. The van der Waals surface area contributed by atoms with Crippen LogP contribution in [0.4, 0.5) is 0 Å². The Hall–Kier alpha value is -1.75. The van der Waals surface area contributed by atoms with Crippen molar-refractivity contribution in [2.75, 3.05) is 13.1 Å². The summed E-state index contributed by atoms with van der Waals surface area (Å²) in [5, 5.41) is 28.5. The highest BCUT2D eigenvalue weighted by atomic mass is 16.3. The number of phenolic OH excluding ortho intramolecular Hbond substituents is 2. The highest BCUT2D eigenvalue weighted by molar-refractivity contribution is 5.95. The first kappa shape index (κ1) is 12.3. The zero-order valence-electron chi connectivity index (χ0n) is 10.5. The molecule has 1 aromatic rings. The van der Waals surface area contributed by atoms with Gasteiger partial charge in [-0.05, 0) is 37.0 Å². The molecule has 5 nitrogen and oxygen atoms in total. The molecule has 0 bridgehead atoms. The van der Waals surface area contributed by atoms with Gasteiger partial charge in [0.2, 0.25) is 0 Å². The summed E-state index contributed by atoms with van der Waals surface area (Å²) in [6.07, 6.45) is 1.50. The Labute approximate surface area is 111 Å². The zero-order valence-corrected chi connectivity index (χ0v) is 10.5. The molecule has 1 amide bonds. The van der Waals surface area contributed by atoms with Gasteiger partial charge in [0, 0.05) is 24.6 Å². The van der Waals surface area contributed by atoms with E-state index in [0.717, 1.165) is 12.8 Å². The molecule has 2 fully saturated rings. The molecule has 1 aromatic carbocycles. The lowest BCUT2D eigenvalue weighted by Crippen LogP contribution is -2.31. The summed E-state index contributed by atoms with van der Waals surface area (Å²) in [4.78, 5) is 14.0. The van der Waals surface area contributed by atoms with Crippen LogP contribution in [0.3, 0.4) is 0 Å². The smallest absolute Gasteiger partial charge is 0.254 e. The minimum Gasteiger partial charge on any atom is -0.504 e. The van der Waals surface area contributed by atoms with Crippen molar-refractivity contribution >= 4 is 5.91 Å². The Kier molecular flexibility index (Phi) is 2.86. The molecule has 0 radical (unpaired) electrons. The van der Waals surface area contributed by atoms with Crippen molar-refractivity contribution < 1.29 is 20.1 Å². The maximum Gasteiger partial charge on any atom is 0.254 e. The van der Waals surface area contributed by atoms with E-state index < -0.39 is 0 Å². The number of aliphatic hydroxyl groups excluding tert-OH is 1. The summed E-state index contributed by atoms with van der Waals surface area (Å²) < 4.78 is 0. The van der Waals surface area contributed by atoms with Crippen LogP contribution in [0.2, 0.25) is 0 Å². The van der Waals surface area contributed by atoms with Crippen LogP contribution in [0, 0.1) is 11.8 Å². The van der Waals surface area contributed by atoms with Gasteiger partial charge in [-0.3, -0.25) is 4.79 Å². The normalized spacial score (nSPS) is 29.5. The average Bonchev–Trinajstić information content (AvgIpc) is 2.95. The summed E-state index contributed by atoms with van der Waals surface area (Å²) >= 11 is 0. The molecule has 2 aliphatic rings. The number of aromatic hydroxyl groups is 2. The van der Waals surface area contributed by atoms with E-state index in [1.165, 1.54) is 18.2 Å². The molecular formula is C14H17NO4. The number of likely N-dealkylation sites (tertiary alicyclic amines) is 1. The highest BCUT2D eigenvalue weighted by Crippen LogP contribution is 2.38. The van der Waals surface area contributed by atoms with Crippen molar-refractivity contribution in [3.63, 3.8) is 0 Å². The van der Waals surface area contributed by atoms with Crippen LogP contribution in [0.5, 0.6) is 11.5 Å². The molecule has 102 valence electrons. The second kappa shape index (κ2) is 4.42. The van der Waals surface area contributed by atoms with E-state index >= 15 is 0 Å². The van der Waals surface area contributed by atoms with Gasteiger partial charge in [0.15, 0.2) is 11.5 Å². The third kappa shape index (κ3) is 2.04. The van der Waals surface area contributed by atoms with E-state index in [-0.39, 0.29) is 29.4 Å². The van der Waals surface area contributed by atoms with Crippen LogP contribution < -0.4 is 0 Å². The number of benzene rings is 1. The molecule has 5 heteroatoms. The van der Waals surface area contributed by atoms with E-state index in [9.17, 15) is 20.1 Å². The Morgan fingerprint density at radius 3 is 2.63 bits per heavy atom. The van der Waals surface area contributed by atoms with Crippen LogP contribution in [-0.2, 0) is 0 Å². The minimum atomic E-state index is -0.295. The van der Waals surface area contributed by atoms with Crippen LogP contribution in [0.15, 0.2) is 18.2 Å². The SMILES string of the molecule is O=C(c1ccc(O)c(O)c1)N1CC2CCC(O)C2C1. The number of carbonyl (C=O) groups excluding carboxylic acids is 1. The first-order valence-electron chi connectivity index (χ1n) is 6.55. The number of amides is 1. The number of phenols is 2. The Morgan fingerprint density at radius 2 is 1.95 bits per heavy atom. The number of rotatable bonds is 1. The molecule has 1 saturated carbocycles. The van der Waals surface area contributed by atoms with Gasteiger partial charge in [-0.25, -0.2) is 0 Å². The molecule has 19 heavy (non-hydrogen) atoms. The van der Waals surface area contributed by atoms with Gasteiger partial charge in [-0.15, -0.1) is 0 Å². The number of aliphatic hydroxyl groups is 1. The third-order valence-corrected chi connectivity index (χ3v) is 4.33. The zero-order chi connectivity index (χ0) is 13.6.